The van der Waals surface area contributed by atoms with Crippen molar-refractivity contribution in [3.63, 3.8) is 0 Å². The number of rotatable bonds is 3. The molecule has 0 aromatic rings. The van der Waals surface area contributed by atoms with Crippen LogP contribution in [-0.4, -0.2) is 68.0 Å². The SMILES string of the molecule is O=S1(=O)C=CC(NC(=S)N(CO)C2CCS(=O)(=O)C2)C1. The Hall–Kier alpha value is -0.710. The lowest BCUT2D eigenvalue weighted by Gasteiger charge is -2.29. The molecule has 0 bridgehead atoms. The van der Waals surface area contributed by atoms with Crippen LogP contribution < -0.4 is 5.32 Å². The number of aliphatic hydroxyl groups excluding tert-OH is 1. The Morgan fingerprint density at radius 1 is 1.35 bits per heavy atom. The van der Waals surface area contributed by atoms with Gasteiger partial charge in [0.1, 0.15) is 6.73 Å². The molecule has 1 fully saturated rings. The smallest absolute Gasteiger partial charge is 0.173 e. The molecular weight excluding hydrogens is 324 g/mol. The molecule has 0 saturated carbocycles. The van der Waals surface area contributed by atoms with Crippen molar-refractivity contribution in [3.8, 4) is 0 Å². The number of hydrogen-bond donors (Lipinski definition) is 2. The monoisotopic (exact) mass is 340 g/mol. The molecule has 2 heterocycles. The van der Waals surface area contributed by atoms with Crippen molar-refractivity contribution in [2.75, 3.05) is 24.0 Å². The van der Waals surface area contributed by atoms with E-state index in [0.717, 1.165) is 5.41 Å². The fraction of sp³-hybridized carbons (Fsp3) is 0.700. The fourth-order valence-electron chi connectivity index (χ4n) is 2.27. The standard InChI is InChI=1S/C10H16N2O5S3/c13-7-12(9-2-4-20(16,17)6-9)10(18)11-8-1-3-19(14,15)5-8/h1,3,8-9,13H,2,4-7H2,(H,11,18). The number of nitrogens with one attached hydrogen (secondary N) is 1. The Morgan fingerprint density at radius 3 is 2.50 bits per heavy atom. The summed E-state index contributed by atoms with van der Waals surface area (Å²) in [7, 11) is -6.27. The molecule has 2 N–H and O–H groups in total. The van der Waals surface area contributed by atoms with Gasteiger partial charge in [-0.2, -0.15) is 0 Å². The van der Waals surface area contributed by atoms with Crippen molar-refractivity contribution in [3.05, 3.63) is 11.5 Å². The van der Waals surface area contributed by atoms with Crippen molar-refractivity contribution in [2.24, 2.45) is 0 Å². The molecule has 2 atom stereocenters. The van der Waals surface area contributed by atoms with Crippen LogP contribution in [0, 0.1) is 0 Å². The Labute approximate surface area is 123 Å². The van der Waals surface area contributed by atoms with Gasteiger partial charge in [0.15, 0.2) is 24.8 Å². The molecule has 7 nitrogen and oxygen atoms in total. The highest BCUT2D eigenvalue weighted by molar-refractivity contribution is 7.94. The Bertz CT molecular complexity index is 625. The average Bonchev–Trinajstić information content (AvgIpc) is 2.83. The van der Waals surface area contributed by atoms with Crippen LogP contribution in [0.1, 0.15) is 6.42 Å². The zero-order valence-electron chi connectivity index (χ0n) is 10.6. The van der Waals surface area contributed by atoms with E-state index < -0.39 is 32.4 Å². The molecule has 2 aliphatic rings. The predicted octanol–water partition coefficient (Wildman–Crippen LogP) is -1.39. The number of hydrogen-bond acceptors (Lipinski definition) is 6. The minimum Gasteiger partial charge on any atom is -0.376 e. The molecule has 0 amide bonds. The van der Waals surface area contributed by atoms with Crippen molar-refractivity contribution in [1.29, 1.82) is 0 Å². The van der Waals surface area contributed by atoms with Crippen LogP contribution >= 0.6 is 12.2 Å². The molecule has 0 aromatic carbocycles. The summed E-state index contributed by atoms with van der Waals surface area (Å²) in [5.74, 6) is -0.0575. The molecule has 2 aliphatic heterocycles. The molecule has 10 heteroatoms. The van der Waals surface area contributed by atoms with Gasteiger partial charge < -0.3 is 15.3 Å². The van der Waals surface area contributed by atoms with Gasteiger partial charge in [-0.3, -0.25) is 0 Å². The van der Waals surface area contributed by atoms with E-state index in [9.17, 15) is 21.9 Å². The van der Waals surface area contributed by atoms with Gasteiger partial charge in [0.25, 0.3) is 0 Å². The van der Waals surface area contributed by atoms with E-state index in [1.54, 1.807) is 0 Å². The van der Waals surface area contributed by atoms with E-state index in [1.165, 1.54) is 11.0 Å². The minimum absolute atomic E-state index is 0.0474. The molecule has 114 valence electrons. The predicted molar refractivity (Wildman–Crippen MR) is 78.4 cm³/mol. The van der Waals surface area contributed by atoms with Gasteiger partial charge >= 0.3 is 0 Å². The summed E-state index contributed by atoms with van der Waals surface area (Å²) in [5.41, 5.74) is 0. The lowest BCUT2D eigenvalue weighted by atomic mass is 10.2. The maximum Gasteiger partial charge on any atom is 0.173 e. The van der Waals surface area contributed by atoms with Crippen LogP contribution in [-0.2, 0) is 19.7 Å². The van der Waals surface area contributed by atoms with Gasteiger partial charge in [-0.1, -0.05) is 0 Å². The number of nitrogens with zero attached hydrogens (tertiary/aromatic N) is 1. The normalized spacial score (nSPS) is 30.2. The maximum atomic E-state index is 11.5. The number of sulfone groups is 2. The molecule has 0 aliphatic carbocycles. The third-order valence-corrected chi connectivity index (χ3v) is 6.80. The number of thiocarbonyl (C=S) groups is 1. The van der Waals surface area contributed by atoms with Crippen LogP contribution in [0.4, 0.5) is 0 Å². The quantitative estimate of drug-likeness (QED) is 0.478. The molecule has 0 spiro atoms. The second-order valence-corrected chi connectivity index (χ2v) is 9.43. The maximum absolute atomic E-state index is 11.5. The van der Waals surface area contributed by atoms with E-state index in [0.29, 0.717) is 6.42 Å². The average molecular weight is 340 g/mol. The summed E-state index contributed by atoms with van der Waals surface area (Å²) in [6, 6.07) is -0.813. The summed E-state index contributed by atoms with van der Waals surface area (Å²) in [6.45, 7) is -0.408. The first-order chi connectivity index (χ1) is 9.22. The third kappa shape index (κ3) is 3.68. The number of aliphatic hydroxyl groups is 1. The van der Waals surface area contributed by atoms with E-state index in [2.05, 4.69) is 5.32 Å². The van der Waals surface area contributed by atoms with E-state index in [1.807, 2.05) is 0 Å². The minimum atomic E-state index is -3.19. The van der Waals surface area contributed by atoms with Crippen LogP contribution in [0.5, 0.6) is 0 Å². The Balaban J connectivity index is 1.99. The van der Waals surface area contributed by atoms with Gasteiger partial charge in [0.2, 0.25) is 0 Å². The molecule has 20 heavy (non-hydrogen) atoms. The Kier molecular flexibility index (Phi) is 4.38. The first kappa shape index (κ1) is 15.7. The van der Waals surface area contributed by atoms with E-state index in [-0.39, 0.29) is 28.4 Å². The largest absolute Gasteiger partial charge is 0.376 e. The van der Waals surface area contributed by atoms with Crippen molar-refractivity contribution >= 4 is 37.0 Å². The van der Waals surface area contributed by atoms with Crippen molar-refractivity contribution in [1.82, 2.24) is 10.2 Å². The summed E-state index contributed by atoms with van der Waals surface area (Å²) < 4.78 is 45.5. The summed E-state index contributed by atoms with van der Waals surface area (Å²) in [6.07, 6.45) is 1.89. The van der Waals surface area contributed by atoms with E-state index >= 15 is 0 Å². The highest BCUT2D eigenvalue weighted by Crippen LogP contribution is 2.18. The molecule has 0 aromatic heterocycles. The summed E-state index contributed by atoms with van der Waals surface area (Å²) in [4.78, 5) is 1.39. The van der Waals surface area contributed by atoms with Crippen LogP contribution in [0.25, 0.3) is 0 Å². The van der Waals surface area contributed by atoms with Gasteiger partial charge in [-0.25, -0.2) is 16.8 Å². The second kappa shape index (κ2) is 5.58. The zero-order chi connectivity index (χ0) is 15.0. The molecular formula is C10H16N2O5S3. The highest BCUT2D eigenvalue weighted by atomic mass is 32.2. The fourth-order valence-corrected chi connectivity index (χ4v) is 5.60. The summed E-state index contributed by atoms with van der Waals surface area (Å²) >= 11 is 5.13. The van der Waals surface area contributed by atoms with Crippen molar-refractivity contribution < 1.29 is 21.9 Å². The lowest BCUT2D eigenvalue weighted by Crippen LogP contribution is -2.50. The topological polar surface area (TPSA) is 104 Å². The lowest BCUT2D eigenvalue weighted by molar-refractivity contribution is 0.141. The van der Waals surface area contributed by atoms with Crippen LogP contribution in [0.2, 0.25) is 0 Å². The molecule has 2 unspecified atom stereocenters. The Morgan fingerprint density at radius 2 is 2.05 bits per heavy atom. The second-order valence-electron chi connectivity index (χ2n) is 4.88. The van der Waals surface area contributed by atoms with Crippen LogP contribution in [0.3, 0.4) is 0 Å². The van der Waals surface area contributed by atoms with E-state index in [4.69, 9.17) is 12.2 Å². The third-order valence-electron chi connectivity index (χ3n) is 3.30. The van der Waals surface area contributed by atoms with Gasteiger partial charge in [-0.05, 0) is 24.7 Å². The first-order valence-electron chi connectivity index (χ1n) is 6.02. The van der Waals surface area contributed by atoms with Gasteiger partial charge in [0, 0.05) is 11.4 Å². The summed E-state index contributed by atoms with van der Waals surface area (Å²) in [5, 5.41) is 13.5. The molecule has 1 saturated heterocycles. The zero-order valence-corrected chi connectivity index (χ0v) is 13.0. The van der Waals surface area contributed by atoms with Crippen LogP contribution in [0.15, 0.2) is 11.5 Å². The highest BCUT2D eigenvalue weighted by Gasteiger charge is 2.34. The van der Waals surface area contributed by atoms with Gasteiger partial charge in [0.05, 0.1) is 23.3 Å². The van der Waals surface area contributed by atoms with Gasteiger partial charge in [-0.15, -0.1) is 0 Å². The van der Waals surface area contributed by atoms with Crippen molar-refractivity contribution in [2.45, 2.75) is 18.5 Å². The first-order valence-corrected chi connectivity index (χ1v) is 9.96. The molecule has 0 radical (unpaired) electrons. The molecule has 2 rings (SSSR count).